The summed E-state index contributed by atoms with van der Waals surface area (Å²) < 4.78 is 24.3. The number of hydrogen-bond donors (Lipinski definition) is 2. The zero-order valence-electron chi connectivity index (χ0n) is 52.3. The summed E-state index contributed by atoms with van der Waals surface area (Å²) >= 11 is 0. The second-order valence-corrected chi connectivity index (χ2v) is 24.9. The zero-order chi connectivity index (χ0) is 62.5. The first-order valence-electron chi connectivity index (χ1n) is 30.5. The van der Waals surface area contributed by atoms with Crippen molar-refractivity contribution in [3.05, 3.63) is 144 Å². The number of benzene rings is 4. The fourth-order valence-corrected chi connectivity index (χ4v) is 10.8. The van der Waals surface area contributed by atoms with Crippen LogP contribution < -0.4 is 20.1 Å². The van der Waals surface area contributed by atoms with Crippen molar-refractivity contribution in [1.82, 2.24) is 39.7 Å². The molecule has 0 bridgehead atoms. The van der Waals surface area contributed by atoms with Crippen LogP contribution in [-0.2, 0) is 22.3 Å². The van der Waals surface area contributed by atoms with Crippen LogP contribution in [-0.4, -0.2) is 101 Å². The van der Waals surface area contributed by atoms with Gasteiger partial charge in [0.05, 0.1) is 34.7 Å². The number of nitrogens with zero attached hydrogens (tertiary/aromatic N) is 10. The molecule has 2 amide bonds. The number of piperidine rings is 2. The van der Waals surface area contributed by atoms with E-state index in [9.17, 15) is 20.1 Å². The molecule has 0 spiro atoms. The Morgan fingerprint density at radius 1 is 0.557 bits per heavy atom. The number of nitriles is 2. The van der Waals surface area contributed by atoms with Crippen LogP contribution in [0.4, 0.5) is 21.5 Å². The van der Waals surface area contributed by atoms with Gasteiger partial charge in [-0.05, 0) is 190 Å². The summed E-state index contributed by atoms with van der Waals surface area (Å²) in [4.78, 5) is 56.5. The molecule has 18 nitrogen and oxygen atoms in total. The maximum atomic E-state index is 12.6. The van der Waals surface area contributed by atoms with E-state index in [0.29, 0.717) is 61.2 Å². The minimum absolute atomic E-state index is 0.000173. The van der Waals surface area contributed by atoms with Crippen molar-refractivity contribution in [3.8, 4) is 57.9 Å². The molecule has 4 atom stereocenters. The van der Waals surface area contributed by atoms with Crippen molar-refractivity contribution >= 4 is 45.6 Å². The van der Waals surface area contributed by atoms with Crippen molar-refractivity contribution in [2.75, 3.05) is 36.8 Å². The highest BCUT2D eigenvalue weighted by Gasteiger charge is 2.30. The van der Waals surface area contributed by atoms with Crippen molar-refractivity contribution in [2.45, 2.75) is 144 Å². The van der Waals surface area contributed by atoms with Crippen molar-refractivity contribution in [2.24, 2.45) is 11.8 Å². The van der Waals surface area contributed by atoms with Crippen LogP contribution in [0.3, 0.4) is 0 Å². The zero-order valence-corrected chi connectivity index (χ0v) is 52.3. The molecule has 0 saturated carbocycles. The standard InChI is InChI=1S/2C35H40N6O3/c2*1-23(21-36)13-15-25-9-6-11-28-27(25)16-14-24(2)31(28)43-32-29(12-7-18-37-32)30-17-19-38-33(40-30)39-26-10-8-20-41(22-26)34(42)44-35(3,4)5/h2*6-7,9,11-12,14,16-19,23,26H,8,10,13,15,20,22H2,1-5H3,(H,38,39,40)/t23-,26+;23-,26-/m10/s1. The van der Waals surface area contributed by atoms with Gasteiger partial charge in [0.25, 0.3) is 0 Å². The number of ether oxygens (including phenoxy) is 4. The van der Waals surface area contributed by atoms with Gasteiger partial charge in [-0.2, -0.15) is 10.5 Å². The fourth-order valence-electron chi connectivity index (χ4n) is 10.8. The first-order chi connectivity index (χ1) is 42.2. The number of fused-ring (bicyclic) bond motifs is 2. The second kappa shape index (κ2) is 28.4. The predicted octanol–water partition coefficient (Wildman–Crippen LogP) is 15.4. The summed E-state index contributed by atoms with van der Waals surface area (Å²) in [6.45, 7) is 21.6. The summed E-state index contributed by atoms with van der Waals surface area (Å²) in [5.74, 6) is 3.34. The molecule has 0 unspecified atom stereocenters. The Balaban J connectivity index is 0.000000209. The molecule has 8 aromatic rings. The van der Waals surface area contributed by atoms with Gasteiger partial charge in [0, 0.05) is 85.7 Å². The fraction of sp³-hybridized carbons (Fsp3) is 0.400. The van der Waals surface area contributed by atoms with E-state index in [1.165, 1.54) is 11.1 Å². The molecule has 2 aliphatic rings. The van der Waals surface area contributed by atoms with Gasteiger partial charge in [0.2, 0.25) is 23.7 Å². The van der Waals surface area contributed by atoms with E-state index in [2.05, 4.69) is 91.2 Å². The summed E-state index contributed by atoms with van der Waals surface area (Å²) in [6.07, 6.45) is 13.0. The smallest absolute Gasteiger partial charge is 0.410 e. The average Bonchev–Trinajstić information content (AvgIpc) is 2.53. The maximum Gasteiger partial charge on any atom is 0.410 e. The molecule has 18 heteroatoms. The van der Waals surface area contributed by atoms with E-state index in [1.54, 1.807) is 34.6 Å². The maximum absolute atomic E-state index is 12.6. The number of likely N-dealkylation sites (tertiary alicyclic amines) is 2. The molecule has 2 fully saturated rings. The SMILES string of the molecule is Cc1ccc2c(CC[C@@H](C)C#N)cccc2c1Oc1ncccc1-c1ccnc(N[C@H]2CCCN(C(=O)OC(C)(C)C)C2)n1.Cc1ccc2c(CC[C@H](C)C#N)cccc2c1Oc1ncccc1-c1ccnc(N[C@H]2CCCN(C(=O)OC(C)(C)C)C2)n1. The molecule has 456 valence electrons. The van der Waals surface area contributed by atoms with Crippen LogP contribution in [0, 0.1) is 48.3 Å². The Kier molecular flexibility index (Phi) is 20.4. The normalized spacial score (nSPS) is 15.8. The van der Waals surface area contributed by atoms with Crippen molar-refractivity contribution < 1.29 is 28.5 Å². The van der Waals surface area contributed by atoms with E-state index in [-0.39, 0.29) is 36.1 Å². The lowest BCUT2D eigenvalue weighted by molar-refractivity contribution is 0.0196. The van der Waals surface area contributed by atoms with Crippen LogP contribution in [0.15, 0.2) is 122 Å². The van der Waals surface area contributed by atoms with Gasteiger partial charge >= 0.3 is 12.2 Å². The molecular formula is C70H80N12O6. The molecule has 2 saturated heterocycles. The van der Waals surface area contributed by atoms with Gasteiger partial charge < -0.3 is 39.4 Å². The molecule has 0 aliphatic carbocycles. The summed E-state index contributed by atoms with van der Waals surface area (Å²) in [7, 11) is 0. The van der Waals surface area contributed by atoms with Crippen LogP contribution in [0.2, 0.25) is 0 Å². The van der Waals surface area contributed by atoms with Crippen molar-refractivity contribution in [3.63, 3.8) is 0 Å². The number of hydrogen-bond acceptors (Lipinski definition) is 16. The monoisotopic (exact) mass is 1180 g/mol. The number of pyridine rings is 2. The third kappa shape index (κ3) is 16.5. The Hall–Kier alpha value is -9.42. The summed E-state index contributed by atoms with van der Waals surface area (Å²) in [6, 6.07) is 36.8. The molecule has 0 radical (unpaired) electrons. The Morgan fingerprint density at radius 2 is 0.977 bits per heavy atom. The van der Waals surface area contributed by atoms with Gasteiger partial charge in [-0.25, -0.2) is 39.5 Å². The number of amides is 2. The highest BCUT2D eigenvalue weighted by Crippen LogP contribution is 2.40. The number of rotatable bonds is 16. The van der Waals surface area contributed by atoms with Gasteiger partial charge in [0.15, 0.2) is 0 Å². The lowest BCUT2D eigenvalue weighted by Crippen LogP contribution is -2.47. The summed E-state index contributed by atoms with van der Waals surface area (Å²) in [5, 5.41) is 29.5. The van der Waals surface area contributed by atoms with E-state index < -0.39 is 11.2 Å². The van der Waals surface area contributed by atoms with Crippen LogP contribution in [0.25, 0.3) is 44.1 Å². The van der Waals surface area contributed by atoms with Crippen LogP contribution >= 0.6 is 0 Å². The Labute approximate surface area is 516 Å². The highest BCUT2D eigenvalue weighted by atomic mass is 16.6. The molecule has 10 rings (SSSR count). The third-order valence-corrected chi connectivity index (χ3v) is 15.3. The minimum Gasteiger partial charge on any atom is -0.444 e. The third-order valence-electron chi connectivity index (χ3n) is 15.3. The number of nitrogens with one attached hydrogen (secondary N) is 2. The first-order valence-corrected chi connectivity index (χ1v) is 30.5. The largest absolute Gasteiger partial charge is 0.444 e. The lowest BCUT2D eigenvalue weighted by atomic mass is 9.96. The molecule has 2 aliphatic heterocycles. The number of carbonyl (C=O) groups is 2. The van der Waals surface area contributed by atoms with Crippen molar-refractivity contribution in [1.29, 1.82) is 10.5 Å². The van der Waals surface area contributed by atoms with Crippen LogP contribution in [0.1, 0.15) is 116 Å². The molecule has 4 aromatic carbocycles. The van der Waals surface area contributed by atoms with E-state index in [4.69, 9.17) is 28.9 Å². The highest BCUT2D eigenvalue weighted by molar-refractivity contribution is 5.93. The second-order valence-electron chi connectivity index (χ2n) is 24.9. The van der Waals surface area contributed by atoms with E-state index in [1.807, 2.05) is 118 Å². The molecule has 4 aromatic heterocycles. The number of carbonyl (C=O) groups excluding carboxylic acids is 2. The van der Waals surface area contributed by atoms with Crippen LogP contribution in [0.5, 0.6) is 23.3 Å². The molecule has 6 heterocycles. The van der Waals surface area contributed by atoms with Gasteiger partial charge in [-0.15, -0.1) is 0 Å². The topological polar surface area (TPSA) is 227 Å². The quantitative estimate of drug-likeness (QED) is 0.0917. The number of anilines is 2. The molecule has 88 heavy (non-hydrogen) atoms. The predicted molar refractivity (Wildman–Crippen MR) is 343 cm³/mol. The minimum atomic E-state index is -0.540. The number of aromatic nitrogens is 6. The first kappa shape index (κ1) is 63.1. The number of aryl methyl sites for hydroxylation is 4. The Morgan fingerprint density at radius 3 is 1.38 bits per heavy atom. The van der Waals surface area contributed by atoms with E-state index in [0.717, 1.165) is 107 Å². The van der Waals surface area contributed by atoms with E-state index >= 15 is 0 Å². The Bertz CT molecular complexity index is 3600. The average molecular weight is 1190 g/mol. The molecular weight excluding hydrogens is 1100 g/mol. The lowest BCUT2D eigenvalue weighted by Gasteiger charge is -2.34. The molecule has 2 N–H and O–H groups in total. The summed E-state index contributed by atoms with van der Waals surface area (Å²) in [5.41, 5.74) is 6.13. The van der Waals surface area contributed by atoms with Gasteiger partial charge in [-0.1, -0.05) is 60.7 Å². The van der Waals surface area contributed by atoms with Gasteiger partial charge in [0.1, 0.15) is 22.7 Å². The van der Waals surface area contributed by atoms with Gasteiger partial charge in [-0.3, -0.25) is 0 Å².